The molecule has 1 aromatic rings. The molecule has 114 valence electrons. The summed E-state index contributed by atoms with van der Waals surface area (Å²) < 4.78 is 0. The number of rotatable bonds is 4. The van der Waals surface area contributed by atoms with Crippen LogP contribution in [0.25, 0.3) is 0 Å². The molecular weight excluding hydrogens is 262 g/mol. The molecule has 2 aliphatic carbocycles. The van der Waals surface area contributed by atoms with Gasteiger partial charge < -0.3 is 10.4 Å². The average molecular weight is 287 g/mol. The number of nitrogens with one attached hydrogen (secondary N) is 1. The van der Waals surface area contributed by atoms with Gasteiger partial charge in [-0.05, 0) is 55.6 Å². The van der Waals surface area contributed by atoms with E-state index in [1.165, 1.54) is 30.4 Å². The molecule has 3 heteroatoms. The summed E-state index contributed by atoms with van der Waals surface area (Å²) in [6.07, 6.45) is 7.53. The zero-order valence-electron chi connectivity index (χ0n) is 12.6. The van der Waals surface area contributed by atoms with Crippen molar-refractivity contribution in [2.24, 2.45) is 5.92 Å². The topological polar surface area (TPSA) is 49.3 Å². The van der Waals surface area contributed by atoms with E-state index >= 15 is 0 Å². The second-order valence-electron chi connectivity index (χ2n) is 6.59. The lowest BCUT2D eigenvalue weighted by molar-refractivity contribution is -0.143. The van der Waals surface area contributed by atoms with E-state index in [0.717, 1.165) is 32.2 Å². The fourth-order valence-electron chi connectivity index (χ4n) is 3.97. The Morgan fingerprint density at radius 2 is 2.05 bits per heavy atom. The number of hydrogen-bond donors (Lipinski definition) is 2. The molecule has 1 aromatic carbocycles. The summed E-state index contributed by atoms with van der Waals surface area (Å²) in [5.74, 6) is -0.167. The largest absolute Gasteiger partial charge is 0.481 e. The van der Waals surface area contributed by atoms with Gasteiger partial charge in [-0.1, -0.05) is 30.7 Å². The Balaban J connectivity index is 1.57. The third-order valence-corrected chi connectivity index (χ3v) is 5.17. The molecule has 2 aliphatic rings. The fourth-order valence-corrected chi connectivity index (χ4v) is 3.97. The molecule has 0 saturated heterocycles. The zero-order valence-corrected chi connectivity index (χ0v) is 12.6. The van der Waals surface area contributed by atoms with E-state index in [0.29, 0.717) is 12.0 Å². The summed E-state index contributed by atoms with van der Waals surface area (Å²) in [6, 6.07) is 9.17. The number of aryl methyl sites for hydroxylation is 1. The van der Waals surface area contributed by atoms with Gasteiger partial charge in [-0.15, -0.1) is 0 Å². The predicted octanol–water partition coefficient (Wildman–Crippen LogP) is 3.34. The Morgan fingerprint density at radius 3 is 2.90 bits per heavy atom. The molecule has 0 heterocycles. The van der Waals surface area contributed by atoms with Crippen LogP contribution in [-0.2, 0) is 11.2 Å². The molecule has 2 N–H and O–H groups in total. The lowest BCUT2D eigenvalue weighted by Gasteiger charge is -2.31. The maximum absolute atomic E-state index is 11.1. The van der Waals surface area contributed by atoms with Crippen molar-refractivity contribution in [3.63, 3.8) is 0 Å². The standard InChI is InChI=1S/C18H25NO2/c20-18(21)14-7-4-9-16(11-14)19-12-15-8-3-6-13-5-1-2-10-17(13)15/h1-2,5,10,14-16,19H,3-4,6-9,11-12H2,(H,20,21). The van der Waals surface area contributed by atoms with Crippen molar-refractivity contribution >= 4 is 5.97 Å². The van der Waals surface area contributed by atoms with Crippen molar-refractivity contribution < 1.29 is 9.90 Å². The first kappa shape index (κ1) is 14.6. The number of carbonyl (C=O) groups is 1. The molecule has 1 saturated carbocycles. The number of aliphatic carboxylic acids is 1. The number of hydrogen-bond acceptors (Lipinski definition) is 2. The van der Waals surface area contributed by atoms with Gasteiger partial charge in [-0.2, -0.15) is 0 Å². The average Bonchev–Trinajstić information content (AvgIpc) is 2.53. The van der Waals surface area contributed by atoms with Crippen LogP contribution in [0.1, 0.15) is 55.6 Å². The first-order chi connectivity index (χ1) is 10.2. The molecule has 3 unspecified atom stereocenters. The summed E-state index contributed by atoms with van der Waals surface area (Å²) in [6.45, 7) is 0.994. The minimum absolute atomic E-state index is 0.144. The lowest BCUT2D eigenvalue weighted by Crippen LogP contribution is -2.38. The van der Waals surface area contributed by atoms with Gasteiger partial charge >= 0.3 is 5.97 Å². The Kier molecular flexibility index (Phi) is 4.59. The van der Waals surface area contributed by atoms with Crippen molar-refractivity contribution in [3.8, 4) is 0 Å². The molecule has 0 amide bonds. The number of benzene rings is 1. The fraction of sp³-hybridized carbons (Fsp3) is 0.611. The molecule has 21 heavy (non-hydrogen) atoms. The highest BCUT2D eigenvalue weighted by Crippen LogP contribution is 2.31. The van der Waals surface area contributed by atoms with Crippen molar-refractivity contribution in [2.75, 3.05) is 6.54 Å². The number of carboxylic acid groups (broad SMARTS) is 1. The summed E-state index contributed by atoms with van der Waals surface area (Å²) in [4.78, 5) is 11.1. The molecule has 1 fully saturated rings. The normalized spacial score (nSPS) is 28.9. The highest BCUT2D eigenvalue weighted by molar-refractivity contribution is 5.70. The second kappa shape index (κ2) is 6.61. The Hall–Kier alpha value is -1.35. The van der Waals surface area contributed by atoms with Gasteiger partial charge in [-0.25, -0.2) is 0 Å². The Bertz CT molecular complexity index is 500. The van der Waals surface area contributed by atoms with Crippen LogP contribution in [0.2, 0.25) is 0 Å². The maximum atomic E-state index is 11.1. The van der Waals surface area contributed by atoms with Gasteiger partial charge in [0, 0.05) is 12.6 Å². The zero-order chi connectivity index (χ0) is 14.7. The van der Waals surface area contributed by atoms with Crippen LogP contribution < -0.4 is 5.32 Å². The molecule has 3 rings (SSSR count). The van der Waals surface area contributed by atoms with Crippen LogP contribution in [0.15, 0.2) is 24.3 Å². The molecule has 0 spiro atoms. The van der Waals surface area contributed by atoms with Gasteiger partial charge in [0.25, 0.3) is 0 Å². The molecule has 0 bridgehead atoms. The predicted molar refractivity (Wildman–Crippen MR) is 83.5 cm³/mol. The SMILES string of the molecule is O=C(O)C1CCCC(NCC2CCCc3ccccc32)C1. The van der Waals surface area contributed by atoms with E-state index in [1.807, 2.05) is 0 Å². The monoisotopic (exact) mass is 287 g/mol. The quantitative estimate of drug-likeness (QED) is 0.893. The van der Waals surface area contributed by atoms with Gasteiger partial charge in [0.05, 0.1) is 5.92 Å². The molecule has 3 nitrogen and oxygen atoms in total. The minimum atomic E-state index is -0.621. The minimum Gasteiger partial charge on any atom is -0.481 e. The third kappa shape index (κ3) is 3.46. The second-order valence-corrected chi connectivity index (χ2v) is 6.59. The highest BCUT2D eigenvalue weighted by atomic mass is 16.4. The number of carboxylic acids is 1. The highest BCUT2D eigenvalue weighted by Gasteiger charge is 2.27. The van der Waals surface area contributed by atoms with Crippen LogP contribution >= 0.6 is 0 Å². The first-order valence-electron chi connectivity index (χ1n) is 8.28. The molecule has 0 aromatic heterocycles. The Labute approximate surface area is 126 Å². The van der Waals surface area contributed by atoms with Gasteiger partial charge in [-0.3, -0.25) is 4.79 Å². The van der Waals surface area contributed by atoms with E-state index in [9.17, 15) is 9.90 Å². The van der Waals surface area contributed by atoms with E-state index < -0.39 is 5.97 Å². The molecule has 0 aliphatic heterocycles. The van der Waals surface area contributed by atoms with Crippen molar-refractivity contribution in [2.45, 2.75) is 56.9 Å². The van der Waals surface area contributed by atoms with Crippen LogP contribution in [0.3, 0.4) is 0 Å². The smallest absolute Gasteiger partial charge is 0.306 e. The lowest BCUT2D eigenvalue weighted by atomic mass is 9.82. The van der Waals surface area contributed by atoms with Crippen LogP contribution in [0, 0.1) is 5.92 Å². The van der Waals surface area contributed by atoms with Crippen molar-refractivity contribution in [3.05, 3.63) is 35.4 Å². The van der Waals surface area contributed by atoms with Crippen LogP contribution in [-0.4, -0.2) is 23.7 Å². The number of fused-ring (bicyclic) bond motifs is 1. The molecule has 0 radical (unpaired) electrons. The Morgan fingerprint density at radius 1 is 1.19 bits per heavy atom. The van der Waals surface area contributed by atoms with Crippen molar-refractivity contribution in [1.82, 2.24) is 5.32 Å². The molecule has 3 atom stereocenters. The maximum Gasteiger partial charge on any atom is 0.306 e. The third-order valence-electron chi connectivity index (χ3n) is 5.17. The van der Waals surface area contributed by atoms with Gasteiger partial charge in [0.1, 0.15) is 0 Å². The first-order valence-corrected chi connectivity index (χ1v) is 8.28. The van der Waals surface area contributed by atoms with Crippen LogP contribution in [0.5, 0.6) is 0 Å². The summed E-state index contributed by atoms with van der Waals surface area (Å²) in [5.41, 5.74) is 3.00. The van der Waals surface area contributed by atoms with Crippen LogP contribution in [0.4, 0.5) is 0 Å². The van der Waals surface area contributed by atoms with E-state index in [1.54, 1.807) is 0 Å². The summed E-state index contributed by atoms with van der Waals surface area (Å²) in [7, 11) is 0. The summed E-state index contributed by atoms with van der Waals surface area (Å²) >= 11 is 0. The van der Waals surface area contributed by atoms with E-state index in [4.69, 9.17) is 0 Å². The van der Waals surface area contributed by atoms with Crippen molar-refractivity contribution in [1.29, 1.82) is 0 Å². The summed E-state index contributed by atoms with van der Waals surface area (Å²) in [5, 5.41) is 12.8. The van der Waals surface area contributed by atoms with E-state index in [2.05, 4.69) is 29.6 Å². The van der Waals surface area contributed by atoms with E-state index in [-0.39, 0.29) is 5.92 Å². The van der Waals surface area contributed by atoms with Gasteiger partial charge in [0.2, 0.25) is 0 Å². The molecular formula is C18H25NO2. The van der Waals surface area contributed by atoms with Gasteiger partial charge in [0.15, 0.2) is 0 Å².